The first-order chi connectivity index (χ1) is 12.3. The number of aromatic nitrogens is 2. The van der Waals surface area contributed by atoms with Gasteiger partial charge in [0.25, 0.3) is 5.91 Å². The molecule has 2 aromatic rings. The number of rotatable bonds is 4. The molecule has 1 aromatic heterocycles. The number of amides is 1. The zero-order valence-corrected chi connectivity index (χ0v) is 16.0. The van der Waals surface area contributed by atoms with Crippen molar-refractivity contribution in [3.63, 3.8) is 0 Å². The fraction of sp³-hybridized carbons (Fsp3) is 0.353. The summed E-state index contributed by atoms with van der Waals surface area (Å²) in [5.41, 5.74) is 5.25. The summed E-state index contributed by atoms with van der Waals surface area (Å²) in [6.45, 7) is 3.70. The molecule has 3 rings (SSSR count). The van der Waals surface area contributed by atoms with Gasteiger partial charge in [0.2, 0.25) is 0 Å². The van der Waals surface area contributed by atoms with Gasteiger partial charge in [-0.1, -0.05) is 11.6 Å². The van der Waals surface area contributed by atoms with Crippen LogP contribution in [0.3, 0.4) is 0 Å². The van der Waals surface area contributed by atoms with Crippen molar-refractivity contribution in [3.05, 3.63) is 51.8 Å². The van der Waals surface area contributed by atoms with Crippen LogP contribution in [0, 0.1) is 13.8 Å². The summed E-state index contributed by atoms with van der Waals surface area (Å²) in [6.07, 6.45) is 2.10. The molecule has 1 fully saturated rings. The number of sulfone groups is 1. The summed E-state index contributed by atoms with van der Waals surface area (Å²) in [6, 6.07) is 6.34. The number of halogens is 1. The van der Waals surface area contributed by atoms with Crippen molar-refractivity contribution < 1.29 is 13.2 Å². The van der Waals surface area contributed by atoms with E-state index in [0.29, 0.717) is 17.0 Å². The van der Waals surface area contributed by atoms with E-state index in [0.717, 1.165) is 17.0 Å². The molecular weight excluding hydrogens is 376 g/mol. The van der Waals surface area contributed by atoms with Gasteiger partial charge >= 0.3 is 0 Å². The largest absolute Gasteiger partial charge is 0.271 e. The number of aryl methyl sites for hydroxylation is 1. The Labute approximate surface area is 157 Å². The van der Waals surface area contributed by atoms with E-state index >= 15 is 0 Å². The zero-order valence-electron chi connectivity index (χ0n) is 14.4. The molecule has 0 bridgehead atoms. The molecule has 0 saturated carbocycles. The standard InChI is InChI=1S/C17H19ClN4O3S/c1-11-16(9-19-20-17(23)13-3-5-14(18)6-4-13)12(2)22(21-11)15-7-8-26(24,25)10-15/h3-6,9,15H,7-8,10H2,1-2H3,(H,20,23)/b19-9-/t15-/m0/s1. The molecule has 1 atom stereocenters. The minimum atomic E-state index is -2.99. The van der Waals surface area contributed by atoms with E-state index in [9.17, 15) is 13.2 Å². The van der Waals surface area contributed by atoms with E-state index in [1.165, 1.54) is 6.21 Å². The molecule has 1 N–H and O–H groups in total. The highest BCUT2D eigenvalue weighted by Crippen LogP contribution is 2.26. The molecule has 1 aliphatic rings. The van der Waals surface area contributed by atoms with E-state index in [4.69, 9.17) is 11.6 Å². The SMILES string of the molecule is Cc1nn([C@H]2CCS(=O)(=O)C2)c(C)c1/C=N\NC(=O)c1ccc(Cl)cc1. The third-order valence-electron chi connectivity index (χ3n) is 4.40. The molecule has 0 radical (unpaired) electrons. The van der Waals surface area contributed by atoms with Crippen LogP contribution >= 0.6 is 11.6 Å². The Morgan fingerprint density at radius 3 is 2.65 bits per heavy atom. The summed E-state index contributed by atoms with van der Waals surface area (Å²) >= 11 is 5.80. The lowest BCUT2D eigenvalue weighted by Crippen LogP contribution is -2.17. The van der Waals surface area contributed by atoms with Crippen molar-refractivity contribution in [1.29, 1.82) is 0 Å². The zero-order chi connectivity index (χ0) is 18.9. The van der Waals surface area contributed by atoms with Crippen LogP contribution in [-0.2, 0) is 9.84 Å². The van der Waals surface area contributed by atoms with Crippen LogP contribution in [0.25, 0.3) is 0 Å². The van der Waals surface area contributed by atoms with Gasteiger partial charge in [0.1, 0.15) is 0 Å². The summed E-state index contributed by atoms with van der Waals surface area (Å²) in [5, 5.41) is 9.01. The van der Waals surface area contributed by atoms with E-state index in [-0.39, 0.29) is 23.5 Å². The minimum absolute atomic E-state index is 0.110. The average molecular weight is 395 g/mol. The van der Waals surface area contributed by atoms with Gasteiger partial charge in [-0.25, -0.2) is 13.8 Å². The Morgan fingerprint density at radius 1 is 1.35 bits per heavy atom. The lowest BCUT2D eigenvalue weighted by atomic mass is 10.2. The van der Waals surface area contributed by atoms with E-state index < -0.39 is 9.84 Å². The van der Waals surface area contributed by atoms with Crippen molar-refractivity contribution in [3.8, 4) is 0 Å². The van der Waals surface area contributed by atoms with Gasteiger partial charge in [-0.05, 0) is 44.5 Å². The molecule has 2 heterocycles. The molecule has 0 spiro atoms. The highest BCUT2D eigenvalue weighted by atomic mass is 35.5. The van der Waals surface area contributed by atoms with Crippen molar-refractivity contribution in [2.24, 2.45) is 5.10 Å². The Balaban J connectivity index is 1.73. The Bertz CT molecular complexity index is 965. The maximum absolute atomic E-state index is 12.0. The third kappa shape index (κ3) is 3.96. The van der Waals surface area contributed by atoms with Crippen molar-refractivity contribution >= 4 is 33.6 Å². The topological polar surface area (TPSA) is 93.4 Å². The second-order valence-electron chi connectivity index (χ2n) is 6.29. The fourth-order valence-electron chi connectivity index (χ4n) is 3.01. The summed E-state index contributed by atoms with van der Waals surface area (Å²) in [4.78, 5) is 12.0. The number of nitrogens with one attached hydrogen (secondary N) is 1. The lowest BCUT2D eigenvalue weighted by Gasteiger charge is -2.10. The summed E-state index contributed by atoms with van der Waals surface area (Å²) in [7, 11) is -2.99. The first kappa shape index (κ1) is 18.6. The van der Waals surface area contributed by atoms with Crippen LogP contribution in [-0.4, -0.2) is 41.8 Å². The number of nitrogens with zero attached hydrogens (tertiary/aromatic N) is 3. The number of carbonyl (C=O) groups is 1. The number of benzene rings is 1. The predicted molar refractivity (Wildman–Crippen MR) is 101 cm³/mol. The molecule has 1 saturated heterocycles. The molecular formula is C17H19ClN4O3S. The second kappa shape index (κ2) is 7.20. The van der Waals surface area contributed by atoms with Gasteiger partial charge in [0.05, 0.1) is 29.5 Å². The summed E-state index contributed by atoms with van der Waals surface area (Å²) in [5.74, 6) is -0.0439. The second-order valence-corrected chi connectivity index (χ2v) is 8.96. The van der Waals surface area contributed by atoms with Crippen LogP contribution in [0.1, 0.15) is 39.8 Å². The van der Waals surface area contributed by atoms with Crippen LogP contribution < -0.4 is 5.43 Å². The Kier molecular flexibility index (Phi) is 5.15. The molecule has 1 aromatic carbocycles. The van der Waals surface area contributed by atoms with Crippen molar-refractivity contribution in [2.45, 2.75) is 26.3 Å². The number of hydrogen-bond donors (Lipinski definition) is 1. The maximum Gasteiger partial charge on any atom is 0.271 e. The van der Waals surface area contributed by atoms with Crippen LogP contribution in [0.5, 0.6) is 0 Å². The highest BCUT2D eigenvalue weighted by molar-refractivity contribution is 7.91. The third-order valence-corrected chi connectivity index (χ3v) is 6.40. The van der Waals surface area contributed by atoms with Crippen LogP contribution in [0.2, 0.25) is 5.02 Å². The minimum Gasteiger partial charge on any atom is -0.267 e. The molecule has 26 heavy (non-hydrogen) atoms. The lowest BCUT2D eigenvalue weighted by molar-refractivity contribution is 0.0955. The molecule has 1 aliphatic heterocycles. The average Bonchev–Trinajstić information content (AvgIpc) is 3.08. The molecule has 9 heteroatoms. The molecule has 0 unspecified atom stereocenters. The quantitative estimate of drug-likeness (QED) is 0.635. The fourth-order valence-corrected chi connectivity index (χ4v) is 4.83. The Morgan fingerprint density at radius 2 is 2.04 bits per heavy atom. The van der Waals surface area contributed by atoms with E-state index in [1.807, 2.05) is 13.8 Å². The van der Waals surface area contributed by atoms with E-state index in [2.05, 4.69) is 15.6 Å². The Hall–Kier alpha value is -2.19. The first-order valence-corrected chi connectivity index (χ1v) is 10.3. The van der Waals surface area contributed by atoms with Crippen molar-refractivity contribution in [1.82, 2.24) is 15.2 Å². The highest BCUT2D eigenvalue weighted by Gasteiger charge is 2.31. The molecule has 138 valence electrons. The molecule has 0 aliphatic carbocycles. The smallest absolute Gasteiger partial charge is 0.267 e. The van der Waals surface area contributed by atoms with Gasteiger partial charge in [0.15, 0.2) is 9.84 Å². The molecule has 1 amide bonds. The number of hydrogen-bond acceptors (Lipinski definition) is 5. The molecule has 7 nitrogen and oxygen atoms in total. The number of carbonyl (C=O) groups excluding carboxylic acids is 1. The van der Waals surface area contributed by atoms with Gasteiger partial charge in [-0.2, -0.15) is 10.2 Å². The predicted octanol–water partition coefficient (Wildman–Crippen LogP) is 2.28. The van der Waals surface area contributed by atoms with Gasteiger partial charge in [-0.15, -0.1) is 0 Å². The monoisotopic (exact) mass is 394 g/mol. The van der Waals surface area contributed by atoms with Crippen molar-refractivity contribution in [2.75, 3.05) is 11.5 Å². The maximum atomic E-state index is 12.0. The number of hydrazone groups is 1. The normalized spacial score (nSPS) is 19.1. The van der Waals surface area contributed by atoms with Gasteiger partial charge in [-0.3, -0.25) is 9.48 Å². The van der Waals surface area contributed by atoms with Crippen LogP contribution in [0.4, 0.5) is 0 Å². The van der Waals surface area contributed by atoms with Crippen LogP contribution in [0.15, 0.2) is 29.4 Å². The van der Waals surface area contributed by atoms with Gasteiger partial charge < -0.3 is 0 Å². The first-order valence-electron chi connectivity index (χ1n) is 8.12. The summed E-state index contributed by atoms with van der Waals surface area (Å²) < 4.78 is 25.1. The van der Waals surface area contributed by atoms with Gasteiger partial charge in [0, 0.05) is 21.8 Å². The van der Waals surface area contributed by atoms with E-state index in [1.54, 1.807) is 28.9 Å².